The Labute approximate surface area is 293 Å². The molecule has 0 atom stereocenters. The van der Waals surface area contributed by atoms with E-state index in [1.54, 1.807) is 0 Å². The number of para-hydroxylation sites is 4. The maximum Gasteiger partial charge on any atom is 0.138 e. The van der Waals surface area contributed by atoms with E-state index in [0.29, 0.717) is 0 Å². The minimum absolute atomic E-state index is 0.883. The molecule has 3 heteroatoms. The molecule has 0 N–H and O–H groups in total. The fourth-order valence-electron chi connectivity index (χ4n) is 8.22. The van der Waals surface area contributed by atoms with Gasteiger partial charge in [0, 0.05) is 32.6 Å². The van der Waals surface area contributed by atoms with Gasteiger partial charge in [-0.15, -0.1) is 0 Å². The third kappa shape index (κ3) is 4.19. The van der Waals surface area contributed by atoms with Gasteiger partial charge in [-0.2, -0.15) is 0 Å². The number of hydrogen-bond acceptors (Lipinski definition) is 1. The summed E-state index contributed by atoms with van der Waals surface area (Å²) >= 11 is 0. The van der Waals surface area contributed by atoms with Gasteiger partial charge in [0.15, 0.2) is 0 Å². The molecule has 0 saturated carbocycles. The van der Waals surface area contributed by atoms with Crippen LogP contribution in [0.25, 0.3) is 99.2 Å². The van der Waals surface area contributed by atoms with Gasteiger partial charge in [-0.1, -0.05) is 127 Å². The summed E-state index contributed by atoms with van der Waals surface area (Å²) in [6, 6.07) is 65.5. The van der Waals surface area contributed by atoms with Crippen molar-refractivity contribution < 1.29 is 4.42 Å². The molecule has 0 aliphatic rings. The minimum atomic E-state index is 0.883. The van der Waals surface area contributed by atoms with Crippen molar-refractivity contribution in [1.82, 2.24) is 9.13 Å². The molecule has 3 aromatic heterocycles. The van der Waals surface area contributed by atoms with Crippen LogP contribution in [-0.2, 0) is 0 Å². The molecule has 238 valence electrons. The van der Waals surface area contributed by atoms with Crippen LogP contribution in [0.15, 0.2) is 186 Å². The Morgan fingerprint density at radius 3 is 1.53 bits per heavy atom. The van der Waals surface area contributed by atoms with Crippen LogP contribution in [0.1, 0.15) is 0 Å². The lowest BCUT2D eigenvalue weighted by atomic mass is 10.0. The summed E-state index contributed by atoms with van der Waals surface area (Å²) in [5, 5.41) is 7.19. The molecule has 3 nitrogen and oxygen atoms in total. The molecule has 0 fully saturated rings. The average Bonchev–Trinajstić information content (AvgIpc) is 3.85. The minimum Gasteiger partial charge on any atom is -0.456 e. The SMILES string of the molecule is c1ccc(-c2cc(-n3c4ccccc4c4ccc(-c5ccc6c7ccccc7n(-c7ccccc7)c6c5)cc43)c3c(c2)oc2ccccc23)cc1. The number of nitrogens with zero attached hydrogens (tertiary/aromatic N) is 2. The highest BCUT2D eigenvalue weighted by atomic mass is 16.3. The van der Waals surface area contributed by atoms with Gasteiger partial charge in [-0.3, -0.25) is 0 Å². The van der Waals surface area contributed by atoms with Crippen molar-refractivity contribution in [3.05, 3.63) is 182 Å². The Hall–Kier alpha value is -6.84. The lowest BCUT2D eigenvalue weighted by molar-refractivity contribution is 0.669. The van der Waals surface area contributed by atoms with Crippen LogP contribution >= 0.6 is 0 Å². The van der Waals surface area contributed by atoms with Crippen LogP contribution in [0, 0.1) is 0 Å². The topological polar surface area (TPSA) is 23.0 Å². The highest BCUT2D eigenvalue weighted by Gasteiger charge is 2.20. The Bertz CT molecular complexity index is 3130. The van der Waals surface area contributed by atoms with E-state index in [1.165, 1.54) is 49.2 Å². The van der Waals surface area contributed by atoms with Crippen LogP contribution in [0.5, 0.6) is 0 Å². The lowest BCUT2D eigenvalue weighted by Crippen LogP contribution is -1.96. The Morgan fingerprint density at radius 2 is 0.843 bits per heavy atom. The van der Waals surface area contributed by atoms with Crippen molar-refractivity contribution in [1.29, 1.82) is 0 Å². The molecule has 0 saturated heterocycles. The van der Waals surface area contributed by atoms with E-state index >= 15 is 0 Å². The predicted molar refractivity (Wildman–Crippen MR) is 213 cm³/mol. The van der Waals surface area contributed by atoms with Gasteiger partial charge in [0.25, 0.3) is 0 Å². The molecule has 0 aliphatic carbocycles. The number of fused-ring (bicyclic) bond motifs is 9. The first kappa shape index (κ1) is 28.0. The smallest absolute Gasteiger partial charge is 0.138 e. The van der Waals surface area contributed by atoms with Crippen LogP contribution in [-0.4, -0.2) is 9.13 Å². The molecule has 0 radical (unpaired) electrons. The fourth-order valence-corrected chi connectivity index (χ4v) is 8.22. The number of benzene rings is 8. The Kier molecular flexibility index (Phi) is 5.96. The van der Waals surface area contributed by atoms with Crippen LogP contribution in [0.4, 0.5) is 0 Å². The second-order valence-corrected chi connectivity index (χ2v) is 13.3. The van der Waals surface area contributed by atoms with Gasteiger partial charge in [0.05, 0.1) is 33.1 Å². The summed E-state index contributed by atoms with van der Waals surface area (Å²) in [6.45, 7) is 0. The Balaban J connectivity index is 1.21. The first-order valence-electron chi connectivity index (χ1n) is 17.4. The summed E-state index contributed by atoms with van der Waals surface area (Å²) < 4.78 is 11.4. The first-order valence-corrected chi connectivity index (χ1v) is 17.4. The summed E-state index contributed by atoms with van der Waals surface area (Å²) in [5.74, 6) is 0. The number of rotatable bonds is 4. The second-order valence-electron chi connectivity index (χ2n) is 13.3. The maximum atomic E-state index is 6.57. The van der Waals surface area contributed by atoms with E-state index < -0.39 is 0 Å². The largest absolute Gasteiger partial charge is 0.456 e. The van der Waals surface area contributed by atoms with E-state index in [0.717, 1.165) is 50.0 Å². The van der Waals surface area contributed by atoms with Gasteiger partial charge >= 0.3 is 0 Å². The van der Waals surface area contributed by atoms with Crippen LogP contribution < -0.4 is 0 Å². The van der Waals surface area contributed by atoms with Crippen LogP contribution in [0.2, 0.25) is 0 Å². The van der Waals surface area contributed by atoms with Crippen molar-refractivity contribution in [2.75, 3.05) is 0 Å². The Morgan fingerprint density at radius 1 is 0.314 bits per heavy atom. The molecular formula is C48H30N2O. The third-order valence-electron chi connectivity index (χ3n) is 10.5. The molecule has 0 unspecified atom stereocenters. The zero-order chi connectivity index (χ0) is 33.5. The van der Waals surface area contributed by atoms with E-state index in [2.05, 4.69) is 185 Å². The van der Waals surface area contributed by atoms with Gasteiger partial charge in [-0.25, -0.2) is 0 Å². The molecule has 11 aromatic rings. The number of hydrogen-bond donors (Lipinski definition) is 0. The van der Waals surface area contributed by atoms with E-state index in [4.69, 9.17) is 4.42 Å². The molecule has 3 heterocycles. The molecule has 0 aliphatic heterocycles. The highest BCUT2D eigenvalue weighted by Crippen LogP contribution is 2.42. The third-order valence-corrected chi connectivity index (χ3v) is 10.5. The van der Waals surface area contributed by atoms with E-state index in [9.17, 15) is 0 Å². The standard InChI is InChI=1S/C48H30N2O/c1-3-13-31(14-4-1)34-29-45(48-40-19-9-12-22-46(40)51-47(48)30-34)50-42-21-11-8-18-37(42)39-26-24-33(28-44(39)50)32-23-25-38-36-17-7-10-20-41(36)49(43(38)27-32)35-15-5-2-6-16-35/h1-30H. The summed E-state index contributed by atoms with van der Waals surface area (Å²) in [6.07, 6.45) is 0. The van der Waals surface area contributed by atoms with Crippen molar-refractivity contribution in [3.63, 3.8) is 0 Å². The van der Waals surface area contributed by atoms with Gasteiger partial charge in [0.1, 0.15) is 11.2 Å². The normalized spacial score (nSPS) is 11.9. The summed E-state index contributed by atoms with van der Waals surface area (Å²) in [4.78, 5) is 0. The summed E-state index contributed by atoms with van der Waals surface area (Å²) in [5.41, 5.74) is 13.4. The van der Waals surface area contributed by atoms with Crippen molar-refractivity contribution >= 4 is 65.6 Å². The molecule has 0 spiro atoms. The van der Waals surface area contributed by atoms with E-state index in [-0.39, 0.29) is 0 Å². The molecule has 0 bridgehead atoms. The number of furan rings is 1. The van der Waals surface area contributed by atoms with Crippen molar-refractivity contribution in [2.45, 2.75) is 0 Å². The monoisotopic (exact) mass is 650 g/mol. The second kappa shape index (κ2) is 10.8. The van der Waals surface area contributed by atoms with Gasteiger partial charge < -0.3 is 13.6 Å². The van der Waals surface area contributed by atoms with E-state index in [1.807, 2.05) is 6.07 Å². The zero-order valence-electron chi connectivity index (χ0n) is 27.6. The van der Waals surface area contributed by atoms with Crippen molar-refractivity contribution in [3.8, 4) is 33.6 Å². The molecule has 0 amide bonds. The molecule has 11 rings (SSSR count). The zero-order valence-corrected chi connectivity index (χ0v) is 27.6. The lowest BCUT2D eigenvalue weighted by Gasteiger charge is -2.13. The fraction of sp³-hybridized carbons (Fsp3) is 0. The molecule has 8 aromatic carbocycles. The van der Waals surface area contributed by atoms with Gasteiger partial charge in [-0.05, 0) is 76.9 Å². The van der Waals surface area contributed by atoms with Crippen LogP contribution in [0.3, 0.4) is 0 Å². The quantitative estimate of drug-likeness (QED) is 0.186. The first-order chi connectivity index (χ1) is 25.3. The molecule has 51 heavy (non-hydrogen) atoms. The maximum absolute atomic E-state index is 6.57. The average molecular weight is 651 g/mol. The predicted octanol–water partition coefficient (Wildman–Crippen LogP) is 13.1. The molecular weight excluding hydrogens is 621 g/mol. The van der Waals surface area contributed by atoms with Crippen molar-refractivity contribution in [2.24, 2.45) is 0 Å². The summed E-state index contributed by atoms with van der Waals surface area (Å²) in [7, 11) is 0. The van der Waals surface area contributed by atoms with Gasteiger partial charge in [0.2, 0.25) is 0 Å². The number of aromatic nitrogens is 2. The highest BCUT2D eigenvalue weighted by molar-refractivity contribution is 6.16.